The molecule has 27 heavy (non-hydrogen) atoms. The van der Waals surface area contributed by atoms with E-state index in [0.29, 0.717) is 29.8 Å². The molecule has 140 valence electrons. The van der Waals surface area contributed by atoms with Crippen LogP contribution in [0, 0.1) is 11.7 Å². The van der Waals surface area contributed by atoms with Gasteiger partial charge in [-0.3, -0.25) is 4.79 Å². The summed E-state index contributed by atoms with van der Waals surface area (Å²) in [6, 6.07) is 5.62. The molecule has 1 aliphatic carbocycles. The smallest absolute Gasteiger partial charge is 0.252 e. The number of hydrogen-bond acceptors (Lipinski definition) is 3. The Bertz CT molecular complexity index is 1040. The van der Waals surface area contributed by atoms with Gasteiger partial charge in [0.2, 0.25) is 5.91 Å². The largest absolute Gasteiger partial charge is 0.455 e. The number of nitrogens with zero attached hydrogens (tertiary/aromatic N) is 2. The quantitative estimate of drug-likeness (QED) is 0.757. The van der Waals surface area contributed by atoms with Gasteiger partial charge in [-0.15, -0.1) is 0 Å². The van der Waals surface area contributed by atoms with Gasteiger partial charge in [0.25, 0.3) is 5.92 Å². The van der Waals surface area contributed by atoms with Gasteiger partial charge >= 0.3 is 0 Å². The van der Waals surface area contributed by atoms with E-state index in [0.717, 1.165) is 5.69 Å². The van der Waals surface area contributed by atoms with Gasteiger partial charge in [-0.2, -0.15) is 0 Å². The Hall–Kier alpha value is -2.77. The molecular formula is C19H16F3N3O2. The zero-order valence-corrected chi connectivity index (χ0v) is 14.2. The SMILES string of the molecule is O=C(CC1CC1(F)F)N1CCc2[nH]cnc2[C@H]1c1cc2cccc(F)c2o1. The topological polar surface area (TPSA) is 62.1 Å². The van der Waals surface area contributed by atoms with E-state index in [4.69, 9.17) is 4.42 Å². The lowest BCUT2D eigenvalue weighted by molar-refractivity contribution is -0.134. The average molecular weight is 375 g/mol. The lowest BCUT2D eigenvalue weighted by Gasteiger charge is -2.33. The van der Waals surface area contributed by atoms with Crippen LogP contribution in [-0.4, -0.2) is 33.2 Å². The zero-order chi connectivity index (χ0) is 18.8. The maximum atomic E-state index is 14.0. The molecule has 2 aliphatic rings. The summed E-state index contributed by atoms with van der Waals surface area (Å²) in [6.45, 7) is 0.358. The normalized spacial score (nSPS) is 23.4. The van der Waals surface area contributed by atoms with E-state index in [1.54, 1.807) is 18.2 Å². The third-order valence-electron chi connectivity index (χ3n) is 5.41. The Balaban J connectivity index is 1.54. The van der Waals surface area contributed by atoms with Crippen LogP contribution in [-0.2, 0) is 11.2 Å². The predicted octanol–water partition coefficient (Wildman–Crippen LogP) is 3.81. The fraction of sp³-hybridized carbons (Fsp3) is 0.368. The van der Waals surface area contributed by atoms with Gasteiger partial charge in [-0.1, -0.05) is 12.1 Å². The number of H-pyrrole nitrogens is 1. The summed E-state index contributed by atoms with van der Waals surface area (Å²) in [4.78, 5) is 21.6. The molecule has 1 fully saturated rings. The van der Waals surface area contributed by atoms with E-state index in [2.05, 4.69) is 9.97 Å². The van der Waals surface area contributed by atoms with Crippen LogP contribution in [0.15, 0.2) is 35.0 Å². The van der Waals surface area contributed by atoms with Crippen LogP contribution in [0.5, 0.6) is 0 Å². The number of carbonyl (C=O) groups excluding carboxylic acids is 1. The first-order valence-corrected chi connectivity index (χ1v) is 8.81. The number of halogens is 3. The molecule has 1 aliphatic heterocycles. The minimum Gasteiger partial charge on any atom is -0.455 e. The van der Waals surface area contributed by atoms with E-state index in [9.17, 15) is 18.0 Å². The second-order valence-electron chi connectivity index (χ2n) is 7.18. The van der Waals surface area contributed by atoms with Crippen molar-refractivity contribution in [1.82, 2.24) is 14.9 Å². The molecule has 1 aromatic carbocycles. The molecule has 1 amide bonds. The van der Waals surface area contributed by atoms with Crippen LogP contribution in [0.25, 0.3) is 11.0 Å². The standard InChI is InChI=1S/C19H16F3N3O2/c20-12-3-1-2-10-6-14(27-18(10)12)17-16-13(23-9-24-16)4-5-25(17)15(26)7-11-8-19(11,21)22/h1-3,6,9,11,17H,4-5,7-8H2,(H,23,24)/t11?,17-/m1/s1. The molecule has 8 heteroatoms. The first-order chi connectivity index (χ1) is 12.9. The average Bonchev–Trinajstić information content (AvgIpc) is 3.03. The predicted molar refractivity (Wildman–Crippen MR) is 89.7 cm³/mol. The number of fused-ring (bicyclic) bond motifs is 2. The number of amides is 1. The van der Waals surface area contributed by atoms with Crippen LogP contribution in [0.3, 0.4) is 0 Å². The number of alkyl halides is 2. The molecule has 2 atom stereocenters. The molecule has 5 nitrogen and oxygen atoms in total. The number of hydrogen-bond donors (Lipinski definition) is 1. The minimum atomic E-state index is -2.75. The van der Waals surface area contributed by atoms with E-state index in [-0.39, 0.29) is 24.3 Å². The number of aromatic nitrogens is 2. The van der Waals surface area contributed by atoms with Crippen LogP contribution in [0.4, 0.5) is 13.2 Å². The molecular weight excluding hydrogens is 359 g/mol. The number of para-hydroxylation sites is 1. The summed E-state index contributed by atoms with van der Waals surface area (Å²) in [6.07, 6.45) is 1.62. The van der Waals surface area contributed by atoms with Gasteiger partial charge in [0.15, 0.2) is 11.4 Å². The van der Waals surface area contributed by atoms with Crippen LogP contribution in [0.1, 0.15) is 36.0 Å². The molecule has 0 radical (unpaired) electrons. The van der Waals surface area contributed by atoms with Gasteiger partial charge < -0.3 is 14.3 Å². The summed E-state index contributed by atoms with van der Waals surface area (Å²) in [7, 11) is 0. The van der Waals surface area contributed by atoms with E-state index in [1.807, 2.05) is 0 Å². The van der Waals surface area contributed by atoms with E-state index in [1.165, 1.54) is 17.3 Å². The number of carbonyl (C=O) groups is 1. The fourth-order valence-corrected chi connectivity index (χ4v) is 3.83. The third kappa shape index (κ3) is 2.62. The number of imidazole rings is 1. The van der Waals surface area contributed by atoms with Crippen molar-refractivity contribution >= 4 is 16.9 Å². The summed E-state index contributed by atoms with van der Waals surface area (Å²) in [5.41, 5.74) is 1.58. The molecule has 1 saturated carbocycles. The maximum Gasteiger partial charge on any atom is 0.252 e. The number of nitrogens with one attached hydrogen (secondary N) is 1. The lowest BCUT2D eigenvalue weighted by atomic mass is 9.99. The first kappa shape index (κ1) is 16.4. The van der Waals surface area contributed by atoms with Gasteiger partial charge in [0, 0.05) is 42.8 Å². The van der Waals surface area contributed by atoms with Crippen molar-refractivity contribution in [3.63, 3.8) is 0 Å². The molecule has 0 saturated heterocycles. The molecule has 0 spiro atoms. The van der Waals surface area contributed by atoms with Crippen molar-refractivity contribution in [2.24, 2.45) is 5.92 Å². The summed E-state index contributed by atoms with van der Waals surface area (Å²) < 4.78 is 46.3. The minimum absolute atomic E-state index is 0.108. The van der Waals surface area contributed by atoms with Crippen molar-refractivity contribution < 1.29 is 22.4 Å². The van der Waals surface area contributed by atoms with Crippen LogP contribution in [0.2, 0.25) is 0 Å². The monoisotopic (exact) mass is 375 g/mol. The van der Waals surface area contributed by atoms with Crippen molar-refractivity contribution in [2.75, 3.05) is 6.54 Å². The Kier molecular flexibility index (Phi) is 3.41. The number of rotatable bonds is 3. The molecule has 1 unspecified atom stereocenters. The van der Waals surface area contributed by atoms with E-state index >= 15 is 0 Å². The Labute approximate surface area is 152 Å². The summed E-state index contributed by atoms with van der Waals surface area (Å²) in [5, 5.41) is 0.578. The van der Waals surface area contributed by atoms with Gasteiger partial charge in [-0.25, -0.2) is 18.2 Å². The molecule has 5 rings (SSSR count). The van der Waals surface area contributed by atoms with Gasteiger partial charge in [-0.05, 0) is 12.1 Å². The zero-order valence-electron chi connectivity index (χ0n) is 14.2. The molecule has 0 bridgehead atoms. The highest BCUT2D eigenvalue weighted by Gasteiger charge is 2.57. The second-order valence-corrected chi connectivity index (χ2v) is 7.18. The third-order valence-corrected chi connectivity index (χ3v) is 5.41. The van der Waals surface area contributed by atoms with Crippen molar-refractivity contribution in [1.29, 1.82) is 0 Å². The highest BCUT2D eigenvalue weighted by molar-refractivity contribution is 5.81. The van der Waals surface area contributed by atoms with E-state index < -0.39 is 23.7 Å². The van der Waals surface area contributed by atoms with Crippen molar-refractivity contribution in [2.45, 2.75) is 31.2 Å². The molecule has 1 N–H and O–H groups in total. The number of benzene rings is 1. The van der Waals surface area contributed by atoms with Crippen LogP contribution >= 0.6 is 0 Å². The van der Waals surface area contributed by atoms with Gasteiger partial charge in [0.05, 0.1) is 12.0 Å². The maximum absolute atomic E-state index is 14.0. The first-order valence-electron chi connectivity index (χ1n) is 8.81. The van der Waals surface area contributed by atoms with Crippen LogP contribution < -0.4 is 0 Å². The molecule has 3 heterocycles. The summed E-state index contributed by atoms with van der Waals surface area (Å²) in [5.74, 6) is -4.14. The molecule has 3 aromatic rings. The Morgan fingerprint density at radius 2 is 2.22 bits per heavy atom. The van der Waals surface area contributed by atoms with Crippen molar-refractivity contribution in [3.05, 3.63) is 53.6 Å². The fourth-order valence-electron chi connectivity index (χ4n) is 3.83. The Morgan fingerprint density at radius 3 is 2.96 bits per heavy atom. The van der Waals surface area contributed by atoms with Gasteiger partial charge in [0.1, 0.15) is 11.8 Å². The highest BCUT2D eigenvalue weighted by Crippen LogP contribution is 2.51. The number of aromatic amines is 1. The lowest BCUT2D eigenvalue weighted by Crippen LogP contribution is -2.41. The summed E-state index contributed by atoms with van der Waals surface area (Å²) >= 11 is 0. The second kappa shape index (κ2) is 5.61. The number of furan rings is 1. The highest BCUT2D eigenvalue weighted by atomic mass is 19.3. The Morgan fingerprint density at radius 1 is 1.41 bits per heavy atom. The van der Waals surface area contributed by atoms with Crippen molar-refractivity contribution in [3.8, 4) is 0 Å². The molecule has 2 aromatic heterocycles.